The first kappa shape index (κ1) is 17.8. The molecule has 0 aliphatic carbocycles. The van der Waals surface area contributed by atoms with Crippen LogP contribution in [0.15, 0.2) is 69.0 Å². The van der Waals surface area contributed by atoms with E-state index in [-0.39, 0.29) is 0 Å². The van der Waals surface area contributed by atoms with Crippen molar-refractivity contribution in [3.8, 4) is 0 Å². The second-order valence-corrected chi connectivity index (χ2v) is 5.80. The van der Waals surface area contributed by atoms with E-state index in [1.165, 1.54) is 12.8 Å². The highest BCUT2D eigenvalue weighted by molar-refractivity contribution is 5.52. The predicted octanol–water partition coefficient (Wildman–Crippen LogP) is 6.44. The van der Waals surface area contributed by atoms with Gasteiger partial charge >= 0.3 is 0 Å². The molecule has 0 bridgehead atoms. The molecule has 0 radical (unpaired) electrons. The quantitative estimate of drug-likeness (QED) is 0.407. The molecular weight excluding hydrogens is 298 g/mol. The highest BCUT2D eigenvalue weighted by atomic mass is 15.1. The van der Waals surface area contributed by atoms with Crippen molar-refractivity contribution in [2.75, 3.05) is 25.5 Å². The first-order chi connectivity index (χ1) is 11.7. The molecule has 0 aliphatic rings. The van der Waals surface area contributed by atoms with Crippen LogP contribution in [-0.2, 0) is 0 Å². The van der Waals surface area contributed by atoms with Crippen LogP contribution in [0.25, 0.3) is 0 Å². The van der Waals surface area contributed by atoms with Crippen LogP contribution < -0.4 is 4.90 Å². The maximum Gasteiger partial charge on any atom is 0.0858 e. The Kier molecular flexibility index (Phi) is 7.08. The van der Waals surface area contributed by atoms with Gasteiger partial charge < -0.3 is 4.90 Å². The van der Waals surface area contributed by atoms with Gasteiger partial charge in [-0.05, 0) is 55.0 Å². The minimum Gasteiger partial charge on any atom is -0.378 e. The molecule has 2 rings (SSSR count). The Balaban J connectivity index is 1.91. The normalized spacial score (nSPS) is 11.5. The zero-order valence-corrected chi connectivity index (χ0v) is 14.7. The first-order valence-electron chi connectivity index (χ1n) is 8.35. The van der Waals surface area contributed by atoms with E-state index >= 15 is 0 Å². The Morgan fingerprint density at radius 1 is 0.708 bits per heavy atom. The molecule has 0 N–H and O–H groups in total. The van der Waals surface area contributed by atoms with E-state index in [9.17, 15) is 0 Å². The Hall–Kier alpha value is -2.56. The highest BCUT2D eigenvalue weighted by Gasteiger charge is 1.96. The van der Waals surface area contributed by atoms with Gasteiger partial charge in [0.1, 0.15) is 0 Å². The van der Waals surface area contributed by atoms with Crippen molar-refractivity contribution in [2.45, 2.75) is 26.2 Å². The molecule has 0 atom stereocenters. The van der Waals surface area contributed by atoms with Gasteiger partial charge in [0, 0.05) is 19.8 Å². The number of unbranched alkanes of at least 4 members (excludes halogenated alkanes) is 2. The summed E-state index contributed by atoms with van der Waals surface area (Å²) in [6, 6.07) is 15.6. The van der Waals surface area contributed by atoms with Crippen LogP contribution in [0.1, 0.15) is 26.2 Å². The average Bonchev–Trinajstić information content (AvgIpc) is 2.61. The van der Waals surface area contributed by atoms with Gasteiger partial charge in [-0.25, -0.2) is 0 Å². The van der Waals surface area contributed by atoms with E-state index in [4.69, 9.17) is 0 Å². The fourth-order valence-corrected chi connectivity index (χ4v) is 2.08. The maximum atomic E-state index is 4.25. The average molecular weight is 323 g/mol. The fraction of sp³-hybridized carbons (Fsp3) is 0.368. The Morgan fingerprint density at radius 2 is 1.21 bits per heavy atom. The fourth-order valence-electron chi connectivity index (χ4n) is 2.08. The summed E-state index contributed by atoms with van der Waals surface area (Å²) in [4.78, 5) is 2.05. The van der Waals surface area contributed by atoms with Crippen molar-refractivity contribution in [1.29, 1.82) is 0 Å². The van der Waals surface area contributed by atoms with Crippen molar-refractivity contribution in [3.63, 3.8) is 0 Å². The van der Waals surface area contributed by atoms with E-state index in [1.54, 1.807) is 0 Å². The molecule has 24 heavy (non-hydrogen) atoms. The third-order valence-electron chi connectivity index (χ3n) is 3.54. The third kappa shape index (κ3) is 5.91. The lowest BCUT2D eigenvalue weighted by Crippen LogP contribution is -2.07. The van der Waals surface area contributed by atoms with Crippen molar-refractivity contribution in [2.24, 2.45) is 20.5 Å². The molecule has 2 aromatic rings. The minimum absolute atomic E-state index is 0.790. The largest absolute Gasteiger partial charge is 0.378 e. The highest BCUT2D eigenvalue weighted by Crippen LogP contribution is 2.23. The molecule has 126 valence electrons. The molecule has 0 saturated carbocycles. The van der Waals surface area contributed by atoms with Crippen molar-refractivity contribution < 1.29 is 0 Å². The molecule has 0 saturated heterocycles. The maximum absolute atomic E-state index is 4.25. The lowest BCUT2D eigenvalue weighted by Gasteiger charge is -2.11. The number of rotatable bonds is 8. The number of benzene rings is 2. The van der Waals surface area contributed by atoms with Gasteiger partial charge in [0.2, 0.25) is 0 Å². The molecule has 0 spiro atoms. The second kappa shape index (κ2) is 9.55. The summed E-state index contributed by atoms with van der Waals surface area (Å²) in [6.07, 6.45) is 3.50. The molecule has 5 nitrogen and oxygen atoms in total. The van der Waals surface area contributed by atoms with Gasteiger partial charge in [-0.2, -0.15) is 20.5 Å². The van der Waals surface area contributed by atoms with Gasteiger partial charge in [0.05, 0.1) is 23.6 Å². The summed E-state index contributed by atoms with van der Waals surface area (Å²) in [5, 5.41) is 16.9. The third-order valence-corrected chi connectivity index (χ3v) is 3.54. The lowest BCUT2D eigenvalue weighted by atomic mass is 10.2. The predicted molar refractivity (Wildman–Crippen MR) is 100 cm³/mol. The van der Waals surface area contributed by atoms with Crippen LogP contribution in [-0.4, -0.2) is 20.6 Å². The zero-order valence-electron chi connectivity index (χ0n) is 14.7. The molecule has 0 amide bonds. The van der Waals surface area contributed by atoms with Crippen molar-refractivity contribution in [3.05, 3.63) is 48.5 Å². The van der Waals surface area contributed by atoms with Gasteiger partial charge in [-0.1, -0.05) is 19.8 Å². The molecule has 5 heteroatoms. The number of hydrogen-bond acceptors (Lipinski definition) is 5. The standard InChI is InChI=1S/C19H25N5/c1-4-5-6-15-20-21-16-7-9-17(10-8-16)22-23-18-11-13-19(14-12-18)24(2)3/h7-14H,4-6,15H2,1-3H3/b21-20+,23-22+. The topological polar surface area (TPSA) is 52.7 Å². The van der Waals surface area contributed by atoms with Gasteiger partial charge in [0.15, 0.2) is 0 Å². The summed E-state index contributed by atoms with van der Waals surface area (Å²) in [7, 11) is 4.03. The van der Waals surface area contributed by atoms with Crippen LogP contribution >= 0.6 is 0 Å². The molecular formula is C19H25N5. The SMILES string of the molecule is CCCCC/N=N/c1ccc(/N=N/c2ccc(N(C)C)cc2)cc1. The molecule has 0 aliphatic heterocycles. The van der Waals surface area contributed by atoms with E-state index in [1.807, 2.05) is 62.6 Å². The molecule has 0 fully saturated rings. The van der Waals surface area contributed by atoms with Crippen LogP contribution in [0.4, 0.5) is 22.7 Å². The Labute approximate surface area is 144 Å². The summed E-state index contributed by atoms with van der Waals surface area (Å²) in [5.41, 5.74) is 3.63. The van der Waals surface area contributed by atoms with E-state index in [2.05, 4.69) is 32.3 Å². The first-order valence-corrected chi connectivity index (χ1v) is 8.35. The Morgan fingerprint density at radius 3 is 1.71 bits per heavy atom. The van der Waals surface area contributed by atoms with E-state index in [0.717, 1.165) is 35.7 Å². The Bertz CT molecular complexity index is 657. The summed E-state index contributed by atoms with van der Waals surface area (Å²) < 4.78 is 0. The van der Waals surface area contributed by atoms with Crippen LogP contribution in [0.2, 0.25) is 0 Å². The zero-order chi connectivity index (χ0) is 17.2. The smallest absolute Gasteiger partial charge is 0.0858 e. The number of azo groups is 2. The van der Waals surface area contributed by atoms with Crippen molar-refractivity contribution in [1.82, 2.24) is 0 Å². The van der Waals surface area contributed by atoms with Gasteiger partial charge in [-0.3, -0.25) is 0 Å². The monoisotopic (exact) mass is 323 g/mol. The van der Waals surface area contributed by atoms with Gasteiger partial charge in [-0.15, -0.1) is 0 Å². The van der Waals surface area contributed by atoms with Crippen LogP contribution in [0.5, 0.6) is 0 Å². The lowest BCUT2D eigenvalue weighted by molar-refractivity contribution is 0.713. The minimum atomic E-state index is 0.790. The van der Waals surface area contributed by atoms with Crippen molar-refractivity contribution >= 4 is 22.7 Å². The van der Waals surface area contributed by atoms with E-state index < -0.39 is 0 Å². The number of hydrogen-bond donors (Lipinski definition) is 0. The van der Waals surface area contributed by atoms with E-state index in [0.29, 0.717) is 0 Å². The molecule has 0 heterocycles. The van der Waals surface area contributed by atoms with Gasteiger partial charge in [0.25, 0.3) is 0 Å². The van der Waals surface area contributed by atoms with Crippen LogP contribution in [0.3, 0.4) is 0 Å². The summed E-state index contributed by atoms with van der Waals surface area (Å²) in [5.74, 6) is 0. The number of nitrogens with zero attached hydrogens (tertiary/aromatic N) is 5. The number of anilines is 1. The molecule has 0 aromatic heterocycles. The summed E-state index contributed by atoms with van der Waals surface area (Å²) in [6.45, 7) is 2.97. The molecule has 2 aromatic carbocycles. The summed E-state index contributed by atoms with van der Waals surface area (Å²) >= 11 is 0. The second-order valence-electron chi connectivity index (χ2n) is 5.80. The molecule has 0 unspecified atom stereocenters. The van der Waals surface area contributed by atoms with Crippen LogP contribution in [0, 0.1) is 0 Å².